The zero-order chi connectivity index (χ0) is 14.0. The molecule has 0 aliphatic carbocycles. The van der Waals surface area contributed by atoms with Crippen LogP contribution < -0.4 is 4.74 Å². The molecule has 0 aliphatic rings. The van der Waals surface area contributed by atoms with Gasteiger partial charge in [-0.3, -0.25) is 10.1 Å². The molecule has 0 aliphatic heterocycles. The van der Waals surface area contributed by atoms with Gasteiger partial charge >= 0.3 is 0 Å². The SMILES string of the molecule is O=[N+]([O-])c1cc(Cl)nc(Oc2ccc(Cl)c(F)c2)c1. The topological polar surface area (TPSA) is 65.3 Å². The van der Waals surface area contributed by atoms with Gasteiger partial charge in [0, 0.05) is 6.07 Å². The molecule has 0 bridgehead atoms. The minimum Gasteiger partial charge on any atom is -0.439 e. The summed E-state index contributed by atoms with van der Waals surface area (Å²) >= 11 is 11.1. The van der Waals surface area contributed by atoms with Crippen LogP contribution in [0.4, 0.5) is 10.1 Å². The van der Waals surface area contributed by atoms with Gasteiger partial charge in [0.25, 0.3) is 5.69 Å². The Hall–Kier alpha value is -1.92. The molecule has 1 aromatic carbocycles. The average Bonchev–Trinajstić information content (AvgIpc) is 2.33. The van der Waals surface area contributed by atoms with E-state index in [2.05, 4.69) is 4.98 Å². The predicted octanol–water partition coefficient (Wildman–Crippen LogP) is 4.23. The third-order valence-electron chi connectivity index (χ3n) is 2.08. The van der Waals surface area contributed by atoms with Crippen molar-refractivity contribution in [1.29, 1.82) is 0 Å². The van der Waals surface area contributed by atoms with E-state index in [0.29, 0.717) is 0 Å². The predicted molar refractivity (Wildman–Crippen MR) is 67.4 cm³/mol. The van der Waals surface area contributed by atoms with Crippen LogP contribution in [-0.2, 0) is 0 Å². The smallest absolute Gasteiger partial charge is 0.277 e. The summed E-state index contributed by atoms with van der Waals surface area (Å²) in [4.78, 5) is 13.8. The standard InChI is InChI=1S/C11H5Cl2FN2O3/c12-8-2-1-7(5-9(8)14)19-11-4-6(16(17)18)3-10(13)15-11/h1-5H. The van der Waals surface area contributed by atoms with E-state index in [0.717, 1.165) is 18.2 Å². The number of benzene rings is 1. The summed E-state index contributed by atoms with van der Waals surface area (Å²) in [7, 11) is 0. The summed E-state index contributed by atoms with van der Waals surface area (Å²) < 4.78 is 18.4. The van der Waals surface area contributed by atoms with Crippen molar-refractivity contribution >= 4 is 28.9 Å². The minimum atomic E-state index is -0.671. The summed E-state index contributed by atoms with van der Waals surface area (Å²) in [6.07, 6.45) is 0. The van der Waals surface area contributed by atoms with Crippen LogP contribution in [0.1, 0.15) is 0 Å². The number of nitrogens with zero attached hydrogens (tertiary/aromatic N) is 2. The van der Waals surface area contributed by atoms with Crippen LogP contribution in [-0.4, -0.2) is 9.91 Å². The number of pyridine rings is 1. The summed E-state index contributed by atoms with van der Waals surface area (Å²) in [5.74, 6) is -0.678. The Morgan fingerprint density at radius 3 is 2.63 bits per heavy atom. The minimum absolute atomic E-state index is 0.0580. The fraction of sp³-hybridized carbons (Fsp3) is 0. The monoisotopic (exact) mass is 302 g/mol. The first-order chi connectivity index (χ1) is 8.95. The molecule has 0 radical (unpaired) electrons. The first-order valence-corrected chi connectivity index (χ1v) is 5.66. The normalized spacial score (nSPS) is 10.3. The molecule has 0 unspecified atom stereocenters. The highest BCUT2D eigenvalue weighted by Crippen LogP contribution is 2.28. The van der Waals surface area contributed by atoms with Gasteiger partial charge in [-0.05, 0) is 12.1 Å². The molecule has 2 rings (SSSR count). The maximum atomic E-state index is 13.2. The number of aromatic nitrogens is 1. The summed E-state index contributed by atoms with van der Waals surface area (Å²) in [5, 5.41) is 10.5. The van der Waals surface area contributed by atoms with Crippen molar-refractivity contribution in [1.82, 2.24) is 4.98 Å². The Labute approximate surface area is 116 Å². The van der Waals surface area contributed by atoms with Crippen LogP contribution in [0.25, 0.3) is 0 Å². The average molecular weight is 303 g/mol. The molecule has 0 spiro atoms. The number of rotatable bonds is 3. The Balaban J connectivity index is 2.32. The maximum Gasteiger partial charge on any atom is 0.277 e. The van der Waals surface area contributed by atoms with Gasteiger partial charge in [0.05, 0.1) is 22.1 Å². The van der Waals surface area contributed by atoms with Gasteiger partial charge in [-0.25, -0.2) is 9.37 Å². The highest BCUT2D eigenvalue weighted by atomic mass is 35.5. The van der Waals surface area contributed by atoms with Crippen molar-refractivity contribution in [2.24, 2.45) is 0 Å². The van der Waals surface area contributed by atoms with Gasteiger partial charge in [0.2, 0.25) is 5.88 Å². The lowest BCUT2D eigenvalue weighted by atomic mass is 10.3. The Bertz CT molecular complexity index is 652. The molecule has 0 atom stereocenters. The molecule has 5 nitrogen and oxygen atoms in total. The van der Waals surface area contributed by atoms with Crippen LogP contribution in [0.15, 0.2) is 30.3 Å². The summed E-state index contributed by atoms with van der Waals surface area (Å²) in [6.45, 7) is 0. The third kappa shape index (κ3) is 3.30. The fourth-order valence-electron chi connectivity index (χ4n) is 1.28. The largest absolute Gasteiger partial charge is 0.439 e. The highest BCUT2D eigenvalue weighted by molar-refractivity contribution is 6.30. The van der Waals surface area contributed by atoms with Gasteiger partial charge in [-0.1, -0.05) is 23.2 Å². The van der Waals surface area contributed by atoms with Crippen molar-refractivity contribution in [2.75, 3.05) is 0 Å². The van der Waals surface area contributed by atoms with Crippen LogP contribution in [0.5, 0.6) is 11.6 Å². The molecular weight excluding hydrogens is 298 g/mol. The van der Waals surface area contributed by atoms with E-state index in [1.54, 1.807) is 0 Å². The summed E-state index contributed by atoms with van der Waals surface area (Å²) in [6, 6.07) is 5.90. The van der Waals surface area contributed by atoms with Gasteiger partial charge in [-0.15, -0.1) is 0 Å². The van der Waals surface area contributed by atoms with Crippen LogP contribution in [0.2, 0.25) is 10.2 Å². The van der Waals surface area contributed by atoms with E-state index in [1.807, 2.05) is 0 Å². The second kappa shape index (κ2) is 5.38. The van der Waals surface area contributed by atoms with Crippen LogP contribution in [0.3, 0.4) is 0 Å². The second-order valence-corrected chi connectivity index (χ2v) is 4.22. The van der Waals surface area contributed by atoms with Gasteiger partial charge in [0.1, 0.15) is 16.7 Å². The number of ether oxygens (including phenoxy) is 1. The maximum absolute atomic E-state index is 13.2. The van der Waals surface area contributed by atoms with Crippen molar-refractivity contribution in [3.8, 4) is 11.6 Å². The van der Waals surface area contributed by atoms with Crippen molar-refractivity contribution in [2.45, 2.75) is 0 Å². The van der Waals surface area contributed by atoms with E-state index >= 15 is 0 Å². The molecule has 0 amide bonds. The highest BCUT2D eigenvalue weighted by Gasteiger charge is 2.12. The Morgan fingerprint density at radius 1 is 1.26 bits per heavy atom. The van der Waals surface area contributed by atoms with Crippen LogP contribution >= 0.6 is 23.2 Å². The molecule has 0 fully saturated rings. The first kappa shape index (κ1) is 13.5. The van der Waals surface area contributed by atoms with Gasteiger partial charge < -0.3 is 4.74 Å². The zero-order valence-corrected chi connectivity index (χ0v) is 10.7. The first-order valence-electron chi connectivity index (χ1n) is 4.90. The molecule has 98 valence electrons. The lowest BCUT2D eigenvalue weighted by molar-refractivity contribution is -0.385. The van der Waals surface area contributed by atoms with Crippen molar-refractivity contribution in [3.05, 3.63) is 56.4 Å². The van der Waals surface area contributed by atoms with Gasteiger partial charge in [-0.2, -0.15) is 0 Å². The van der Waals surface area contributed by atoms with E-state index in [9.17, 15) is 14.5 Å². The molecule has 19 heavy (non-hydrogen) atoms. The fourth-order valence-corrected chi connectivity index (χ4v) is 1.59. The summed E-state index contributed by atoms with van der Waals surface area (Å²) in [5.41, 5.74) is -0.274. The third-order valence-corrected chi connectivity index (χ3v) is 2.58. The molecule has 0 saturated carbocycles. The van der Waals surface area contributed by atoms with Crippen molar-refractivity contribution < 1.29 is 14.1 Å². The van der Waals surface area contributed by atoms with E-state index in [-0.39, 0.29) is 27.5 Å². The number of hydrogen-bond donors (Lipinski definition) is 0. The number of hydrogen-bond acceptors (Lipinski definition) is 4. The number of halogens is 3. The Kier molecular flexibility index (Phi) is 3.82. The lowest BCUT2D eigenvalue weighted by Crippen LogP contribution is -1.93. The Morgan fingerprint density at radius 2 is 2.00 bits per heavy atom. The molecule has 1 heterocycles. The molecular formula is C11H5Cl2FN2O3. The van der Waals surface area contributed by atoms with E-state index in [4.69, 9.17) is 27.9 Å². The molecule has 0 N–H and O–H groups in total. The zero-order valence-electron chi connectivity index (χ0n) is 9.14. The van der Waals surface area contributed by atoms with E-state index in [1.165, 1.54) is 12.1 Å². The molecule has 0 saturated heterocycles. The second-order valence-electron chi connectivity index (χ2n) is 3.42. The lowest BCUT2D eigenvalue weighted by Gasteiger charge is -2.05. The molecule has 8 heteroatoms. The van der Waals surface area contributed by atoms with Crippen LogP contribution in [0, 0.1) is 15.9 Å². The van der Waals surface area contributed by atoms with Gasteiger partial charge in [0.15, 0.2) is 0 Å². The van der Waals surface area contributed by atoms with E-state index < -0.39 is 10.7 Å². The molecule has 1 aromatic heterocycles. The quantitative estimate of drug-likeness (QED) is 0.483. The number of nitro groups is 1. The van der Waals surface area contributed by atoms with Crippen molar-refractivity contribution in [3.63, 3.8) is 0 Å². The molecule has 2 aromatic rings.